The van der Waals surface area contributed by atoms with Crippen molar-refractivity contribution in [2.45, 2.75) is 45.7 Å². The normalized spacial score (nSPS) is 18.3. The first-order chi connectivity index (χ1) is 18.6. The molecule has 1 aromatic carbocycles. The van der Waals surface area contributed by atoms with Crippen LogP contribution in [-0.2, 0) is 11.2 Å². The second-order valence-electron chi connectivity index (χ2n) is 10.4. The Kier molecular flexibility index (Phi) is 7.70. The van der Waals surface area contributed by atoms with Gasteiger partial charge in [-0.3, -0.25) is 0 Å². The molecule has 0 bridgehead atoms. The Morgan fingerprint density at radius 2 is 1.92 bits per heavy atom. The number of rotatable bonds is 6. The highest BCUT2D eigenvalue weighted by Crippen LogP contribution is 2.35. The van der Waals surface area contributed by atoms with E-state index in [9.17, 15) is 22.4 Å². The number of nitrogens with zero attached hydrogens (tertiary/aromatic N) is 4. The molecule has 210 valence electrons. The summed E-state index contributed by atoms with van der Waals surface area (Å²) in [5, 5.41) is 2.59. The fourth-order valence-electron chi connectivity index (χ4n) is 5.48. The summed E-state index contributed by atoms with van der Waals surface area (Å²) in [6.45, 7) is 6.79. The van der Waals surface area contributed by atoms with Crippen LogP contribution in [0.25, 0.3) is 16.8 Å². The zero-order valence-electron chi connectivity index (χ0n) is 22.2. The van der Waals surface area contributed by atoms with Gasteiger partial charge >= 0.3 is 12.2 Å². The number of halogens is 4. The van der Waals surface area contributed by atoms with Crippen molar-refractivity contribution in [3.8, 4) is 11.1 Å². The van der Waals surface area contributed by atoms with Gasteiger partial charge < -0.3 is 24.3 Å². The monoisotopic (exact) mass is 547 g/mol. The Morgan fingerprint density at radius 1 is 1.15 bits per heavy atom. The number of aryl methyl sites for hydroxylation is 2. The number of imidazole rings is 1. The van der Waals surface area contributed by atoms with E-state index in [2.05, 4.69) is 17.1 Å². The number of likely N-dealkylation sites (tertiary alicyclic amines) is 1. The van der Waals surface area contributed by atoms with E-state index in [1.165, 1.54) is 11.0 Å². The maximum absolute atomic E-state index is 15.0. The Morgan fingerprint density at radius 3 is 2.64 bits per heavy atom. The fraction of sp³-hybridized carbons (Fsp3) is 0.500. The number of hydrogen-bond donors (Lipinski definition) is 1. The zero-order chi connectivity index (χ0) is 27.7. The molecular weight excluding hydrogens is 514 g/mol. The molecule has 2 aliphatic rings. The van der Waals surface area contributed by atoms with Gasteiger partial charge in [0.05, 0.1) is 30.3 Å². The van der Waals surface area contributed by atoms with Crippen LogP contribution >= 0.6 is 0 Å². The Labute approximate surface area is 224 Å². The highest BCUT2D eigenvalue weighted by molar-refractivity contribution is 5.91. The molecule has 0 spiro atoms. The molecule has 1 atom stereocenters. The molecule has 3 aromatic rings. The number of amides is 2. The van der Waals surface area contributed by atoms with Crippen molar-refractivity contribution in [1.29, 1.82) is 0 Å². The maximum atomic E-state index is 15.0. The summed E-state index contributed by atoms with van der Waals surface area (Å²) in [4.78, 5) is 21.3. The lowest BCUT2D eigenvalue weighted by molar-refractivity contribution is -0.143. The van der Waals surface area contributed by atoms with Crippen LogP contribution in [0.2, 0.25) is 0 Å². The first-order valence-corrected chi connectivity index (χ1v) is 13.4. The van der Waals surface area contributed by atoms with Crippen molar-refractivity contribution in [2.75, 3.05) is 49.6 Å². The van der Waals surface area contributed by atoms with Crippen LogP contribution < -0.4 is 10.2 Å². The summed E-state index contributed by atoms with van der Waals surface area (Å²) in [5.41, 5.74) is 5.06. The molecular formula is C28H33F4N5O2. The van der Waals surface area contributed by atoms with Crippen LogP contribution in [-0.4, -0.2) is 65.9 Å². The Balaban J connectivity index is 1.45. The van der Waals surface area contributed by atoms with Gasteiger partial charge in [-0.05, 0) is 55.0 Å². The van der Waals surface area contributed by atoms with Crippen LogP contribution in [0.15, 0.2) is 30.6 Å². The Bertz CT molecular complexity index is 1350. The average Bonchev–Trinajstić information content (AvgIpc) is 3.51. The summed E-state index contributed by atoms with van der Waals surface area (Å²) in [6, 6.07) is 4.41. The van der Waals surface area contributed by atoms with Crippen molar-refractivity contribution in [3.63, 3.8) is 0 Å². The maximum Gasteiger partial charge on any atom is 0.389 e. The van der Waals surface area contributed by atoms with E-state index < -0.39 is 30.4 Å². The molecule has 2 saturated heterocycles. The molecule has 11 heteroatoms. The number of nitrogens with one attached hydrogen (secondary N) is 1. The van der Waals surface area contributed by atoms with E-state index >= 15 is 0 Å². The van der Waals surface area contributed by atoms with E-state index in [1.807, 2.05) is 22.9 Å². The van der Waals surface area contributed by atoms with Gasteiger partial charge in [-0.1, -0.05) is 13.3 Å². The second kappa shape index (κ2) is 11.0. The van der Waals surface area contributed by atoms with Crippen LogP contribution in [0.1, 0.15) is 37.4 Å². The third-order valence-electron chi connectivity index (χ3n) is 7.40. The molecule has 2 amide bonds. The molecule has 4 heterocycles. The molecule has 2 aliphatic heterocycles. The average molecular weight is 548 g/mol. The van der Waals surface area contributed by atoms with Gasteiger partial charge in [-0.15, -0.1) is 0 Å². The van der Waals surface area contributed by atoms with E-state index in [0.29, 0.717) is 18.8 Å². The summed E-state index contributed by atoms with van der Waals surface area (Å²) in [6.07, 6.45) is 0.857. The number of ether oxygens (including phenoxy) is 1. The van der Waals surface area contributed by atoms with Gasteiger partial charge in [-0.2, -0.15) is 13.2 Å². The highest BCUT2D eigenvalue weighted by Gasteiger charge is 2.36. The Hall–Kier alpha value is -3.34. The SMILES string of the molecule is CCCc1cn2cc(-c3cc(NC(=O)N4CC[C@@H](CC(F)(F)F)C4)c(F)cc3C)cc(N3CCOCC3)c2n1. The molecule has 7 nitrogen and oxygen atoms in total. The molecule has 2 aromatic heterocycles. The van der Waals surface area contributed by atoms with Crippen LogP contribution in [0, 0.1) is 18.7 Å². The molecule has 5 rings (SSSR count). The summed E-state index contributed by atoms with van der Waals surface area (Å²) in [7, 11) is 0. The van der Waals surface area contributed by atoms with E-state index in [-0.39, 0.29) is 25.2 Å². The lowest BCUT2D eigenvalue weighted by Crippen LogP contribution is -2.36. The number of benzene rings is 1. The van der Waals surface area contributed by atoms with Crippen molar-refractivity contribution in [2.24, 2.45) is 5.92 Å². The number of aromatic nitrogens is 2. The first kappa shape index (κ1) is 27.2. The second-order valence-corrected chi connectivity index (χ2v) is 10.4. The number of urea groups is 1. The first-order valence-electron chi connectivity index (χ1n) is 13.4. The summed E-state index contributed by atoms with van der Waals surface area (Å²) in [5.74, 6) is -1.25. The number of alkyl halides is 3. The lowest BCUT2D eigenvalue weighted by Gasteiger charge is -2.29. The van der Waals surface area contributed by atoms with Crippen LogP contribution in [0.4, 0.5) is 33.7 Å². The van der Waals surface area contributed by atoms with Gasteiger partial charge in [0.1, 0.15) is 5.82 Å². The van der Waals surface area contributed by atoms with E-state index in [0.717, 1.165) is 54.1 Å². The van der Waals surface area contributed by atoms with Gasteiger partial charge in [0, 0.05) is 50.6 Å². The highest BCUT2D eigenvalue weighted by atomic mass is 19.4. The number of morpholine rings is 1. The predicted octanol–water partition coefficient (Wildman–Crippen LogP) is 6.04. The largest absolute Gasteiger partial charge is 0.389 e. The number of anilines is 2. The minimum absolute atomic E-state index is 0.00796. The molecule has 2 fully saturated rings. The van der Waals surface area contributed by atoms with Crippen LogP contribution in [0.5, 0.6) is 0 Å². The van der Waals surface area contributed by atoms with Gasteiger partial charge in [0.15, 0.2) is 5.65 Å². The van der Waals surface area contributed by atoms with E-state index in [1.54, 1.807) is 13.0 Å². The summed E-state index contributed by atoms with van der Waals surface area (Å²) < 4.78 is 60.9. The lowest BCUT2D eigenvalue weighted by atomic mass is 10.00. The summed E-state index contributed by atoms with van der Waals surface area (Å²) >= 11 is 0. The quantitative estimate of drug-likeness (QED) is 0.382. The standard InChI is InChI=1S/C28H33F4N5O2/c1-3-4-21-17-37-16-20(12-25(26(37)33-21)35-7-9-39-10-8-35)22-13-24(23(29)11-18(22)2)34-27(38)36-6-5-19(15-36)14-28(30,31)32/h11-13,16-17,19H,3-10,14-15H2,1-2H3,(H,34,38)/t19-/m0/s1. The minimum atomic E-state index is -4.27. The molecule has 0 radical (unpaired) electrons. The number of pyridine rings is 1. The zero-order valence-corrected chi connectivity index (χ0v) is 22.2. The molecule has 0 saturated carbocycles. The molecule has 1 N–H and O–H groups in total. The number of fused-ring (bicyclic) bond motifs is 1. The topological polar surface area (TPSA) is 62.1 Å². The van der Waals surface area contributed by atoms with Crippen molar-refractivity contribution in [3.05, 3.63) is 47.7 Å². The van der Waals surface area contributed by atoms with Gasteiger partial charge in [0.2, 0.25) is 0 Å². The number of carbonyl (C=O) groups is 1. The molecule has 39 heavy (non-hydrogen) atoms. The smallest absolute Gasteiger partial charge is 0.378 e. The van der Waals surface area contributed by atoms with E-state index in [4.69, 9.17) is 9.72 Å². The van der Waals surface area contributed by atoms with Crippen molar-refractivity contribution in [1.82, 2.24) is 14.3 Å². The van der Waals surface area contributed by atoms with Crippen molar-refractivity contribution >= 4 is 23.1 Å². The number of carbonyl (C=O) groups excluding carboxylic acids is 1. The van der Waals surface area contributed by atoms with Gasteiger partial charge in [-0.25, -0.2) is 14.2 Å². The molecule has 0 aliphatic carbocycles. The third kappa shape index (κ3) is 6.13. The van der Waals surface area contributed by atoms with Crippen LogP contribution in [0.3, 0.4) is 0 Å². The van der Waals surface area contributed by atoms with Crippen molar-refractivity contribution < 1.29 is 27.1 Å². The minimum Gasteiger partial charge on any atom is -0.378 e. The molecule has 0 unspecified atom stereocenters. The number of hydrogen-bond acceptors (Lipinski definition) is 4. The third-order valence-corrected chi connectivity index (χ3v) is 7.40. The van der Waals surface area contributed by atoms with Gasteiger partial charge in [0.25, 0.3) is 0 Å². The predicted molar refractivity (Wildman–Crippen MR) is 142 cm³/mol. The fourth-order valence-corrected chi connectivity index (χ4v) is 5.48.